The van der Waals surface area contributed by atoms with Crippen LogP contribution in [0.1, 0.15) is 24.8 Å². The van der Waals surface area contributed by atoms with Gasteiger partial charge in [0.2, 0.25) is 0 Å². The number of aromatic nitrogens is 5. The van der Waals surface area contributed by atoms with E-state index >= 15 is 0 Å². The summed E-state index contributed by atoms with van der Waals surface area (Å²) < 4.78 is 2.11. The van der Waals surface area contributed by atoms with Crippen LogP contribution in [-0.4, -0.2) is 24.5 Å². The summed E-state index contributed by atoms with van der Waals surface area (Å²) in [6.45, 7) is 0. The zero-order chi connectivity index (χ0) is 21.5. The second-order valence-electron chi connectivity index (χ2n) is 8.34. The van der Waals surface area contributed by atoms with Crippen molar-refractivity contribution in [3.8, 4) is 28.5 Å². The third kappa shape index (κ3) is 3.08. The summed E-state index contributed by atoms with van der Waals surface area (Å²) in [6.07, 6.45) is 8.62. The topological polar surface area (TPSA) is 82.5 Å². The Kier molecular flexibility index (Phi) is 4.33. The van der Waals surface area contributed by atoms with Crippen LogP contribution in [0.4, 0.5) is 0 Å². The average molecular weight is 419 g/mol. The van der Waals surface area contributed by atoms with Gasteiger partial charge < -0.3 is 5.73 Å². The van der Waals surface area contributed by atoms with E-state index in [1.165, 1.54) is 12.0 Å². The van der Waals surface area contributed by atoms with Crippen LogP contribution in [0.2, 0.25) is 0 Å². The van der Waals surface area contributed by atoms with Gasteiger partial charge in [0.15, 0.2) is 11.5 Å². The third-order valence-electron chi connectivity index (χ3n) is 6.31. The van der Waals surface area contributed by atoms with E-state index in [2.05, 4.69) is 50.9 Å². The van der Waals surface area contributed by atoms with Crippen molar-refractivity contribution in [1.29, 1.82) is 0 Å². The number of fused-ring (bicyclic) bond motifs is 1. The maximum absolute atomic E-state index is 6.52. The molecule has 0 amide bonds. The first-order chi connectivity index (χ1) is 15.7. The van der Waals surface area contributed by atoms with Crippen LogP contribution in [0.5, 0.6) is 0 Å². The molecule has 0 radical (unpaired) electrons. The first-order valence-corrected chi connectivity index (χ1v) is 10.8. The van der Waals surface area contributed by atoms with Crippen molar-refractivity contribution < 1.29 is 0 Å². The van der Waals surface area contributed by atoms with Crippen LogP contribution in [0.25, 0.3) is 39.6 Å². The lowest BCUT2D eigenvalue weighted by molar-refractivity contribution is 0.253. The minimum Gasteiger partial charge on any atom is -0.321 e. The van der Waals surface area contributed by atoms with Gasteiger partial charge in [-0.3, -0.25) is 9.55 Å². The number of para-hydroxylation sites is 1. The fourth-order valence-electron chi connectivity index (χ4n) is 4.33. The number of pyridine rings is 1. The van der Waals surface area contributed by atoms with Crippen LogP contribution in [0, 0.1) is 0 Å². The number of hydrogen-bond donors (Lipinski definition) is 1. The second kappa shape index (κ2) is 7.35. The van der Waals surface area contributed by atoms with E-state index in [-0.39, 0.29) is 5.54 Å². The summed E-state index contributed by atoms with van der Waals surface area (Å²) in [6, 6.07) is 22.5. The van der Waals surface area contributed by atoms with Crippen molar-refractivity contribution in [3.63, 3.8) is 0 Å². The number of hydrogen-bond acceptors (Lipinski definition) is 5. The summed E-state index contributed by atoms with van der Waals surface area (Å²) >= 11 is 0. The lowest BCUT2D eigenvalue weighted by Crippen LogP contribution is -2.43. The molecule has 6 heteroatoms. The van der Waals surface area contributed by atoms with Crippen molar-refractivity contribution in [2.75, 3.05) is 0 Å². The van der Waals surface area contributed by atoms with Crippen LogP contribution in [0.3, 0.4) is 0 Å². The summed E-state index contributed by atoms with van der Waals surface area (Å²) in [7, 11) is 0. The summed E-state index contributed by atoms with van der Waals surface area (Å²) in [4.78, 5) is 18.5. The van der Waals surface area contributed by atoms with E-state index in [1.807, 2.05) is 36.5 Å². The monoisotopic (exact) mass is 418 g/mol. The highest BCUT2D eigenvalue weighted by Gasteiger charge is 2.34. The molecule has 32 heavy (non-hydrogen) atoms. The summed E-state index contributed by atoms with van der Waals surface area (Å²) in [5.41, 5.74) is 11.9. The normalized spacial score (nSPS) is 14.9. The van der Waals surface area contributed by atoms with Crippen LogP contribution in [0.15, 0.2) is 85.3 Å². The Morgan fingerprint density at radius 3 is 2.31 bits per heavy atom. The quantitative estimate of drug-likeness (QED) is 0.450. The Morgan fingerprint density at radius 1 is 0.812 bits per heavy atom. The molecule has 2 aromatic carbocycles. The molecule has 0 spiro atoms. The molecule has 3 heterocycles. The van der Waals surface area contributed by atoms with Gasteiger partial charge in [-0.25, -0.2) is 15.0 Å². The van der Waals surface area contributed by atoms with Gasteiger partial charge in [0.1, 0.15) is 11.3 Å². The van der Waals surface area contributed by atoms with E-state index in [0.717, 1.165) is 41.0 Å². The predicted molar refractivity (Wildman–Crippen MR) is 125 cm³/mol. The second-order valence-corrected chi connectivity index (χ2v) is 8.34. The molecule has 6 nitrogen and oxygen atoms in total. The largest absolute Gasteiger partial charge is 0.321 e. The SMILES string of the molecule is NC1(c2ccc(-c3nc4nc(-c5cccnc5)ncc4n3-c3ccccc3)cc2)CCC1. The fourth-order valence-corrected chi connectivity index (χ4v) is 4.33. The average Bonchev–Trinajstić information content (AvgIpc) is 3.22. The highest BCUT2D eigenvalue weighted by molar-refractivity contribution is 5.81. The standard InChI is InChI=1S/C26H22N6/c27-26(13-5-14-26)20-11-9-18(10-12-20)25-31-24-22(32(25)21-7-2-1-3-8-21)17-29-23(30-24)19-6-4-15-28-16-19/h1-4,6-12,15-17H,5,13-14,27H2. The smallest absolute Gasteiger partial charge is 0.182 e. The first kappa shape index (κ1) is 18.8. The Morgan fingerprint density at radius 2 is 1.62 bits per heavy atom. The van der Waals surface area contributed by atoms with Crippen molar-refractivity contribution in [2.45, 2.75) is 24.8 Å². The number of nitrogens with two attached hydrogens (primary N) is 1. The Hall–Kier alpha value is -3.90. The van der Waals surface area contributed by atoms with E-state index in [9.17, 15) is 0 Å². The molecule has 0 unspecified atom stereocenters. The van der Waals surface area contributed by atoms with Gasteiger partial charge in [-0.15, -0.1) is 0 Å². The minimum absolute atomic E-state index is 0.178. The van der Waals surface area contributed by atoms with E-state index < -0.39 is 0 Å². The Balaban J connectivity index is 1.51. The molecule has 0 saturated heterocycles. The van der Waals surface area contributed by atoms with Crippen LogP contribution < -0.4 is 5.73 Å². The van der Waals surface area contributed by atoms with Gasteiger partial charge in [0, 0.05) is 34.7 Å². The lowest BCUT2D eigenvalue weighted by atomic mass is 9.73. The number of nitrogens with zero attached hydrogens (tertiary/aromatic N) is 5. The van der Waals surface area contributed by atoms with Crippen LogP contribution >= 0.6 is 0 Å². The summed E-state index contributed by atoms with van der Waals surface area (Å²) in [5.74, 6) is 1.44. The van der Waals surface area contributed by atoms with Crippen molar-refractivity contribution in [2.24, 2.45) is 5.73 Å². The highest BCUT2D eigenvalue weighted by Crippen LogP contribution is 2.39. The molecule has 0 bridgehead atoms. The number of imidazole rings is 1. The van der Waals surface area contributed by atoms with Gasteiger partial charge in [-0.1, -0.05) is 42.5 Å². The van der Waals surface area contributed by atoms with Gasteiger partial charge >= 0.3 is 0 Å². The van der Waals surface area contributed by atoms with Gasteiger partial charge in [0.05, 0.1) is 6.20 Å². The molecule has 1 aliphatic rings. The van der Waals surface area contributed by atoms with Crippen LogP contribution in [-0.2, 0) is 5.54 Å². The molecule has 3 aromatic heterocycles. The molecule has 0 atom stereocenters. The van der Waals surface area contributed by atoms with Crippen molar-refractivity contribution in [3.05, 3.63) is 90.9 Å². The molecular weight excluding hydrogens is 396 g/mol. The number of rotatable bonds is 4. The molecule has 156 valence electrons. The fraction of sp³-hybridized carbons (Fsp3) is 0.154. The predicted octanol–water partition coefficient (Wildman–Crippen LogP) is 4.88. The Bertz CT molecular complexity index is 1390. The minimum atomic E-state index is -0.178. The summed E-state index contributed by atoms with van der Waals surface area (Å²) in [5, 5.41) is 0. The molecule has 5 aromatic rings. The maximum Gasteiger partial charge on any atom is 0.182 e. The van der Waals surface area contributed by atoms with Gasteiger partial charge in [-0.05, 0) is 49.1 Å². The molecule has 6 rings (SSSR count). The number of benzene rings is 2. The highest BCUT2D eigenvalue weighted by atomic mass is 15.1. The zero-order valence-corrected chi connectivity index (χ0v) is 17.5. The van der Waals surface area contributed by atoms with Gasteiger partial charge in [-0.2, -0.15) is 0 Å². The zero-order valence-electron chi connectivity index (χ0n) is 17.5. The van der Waals surface area contributed by atoms with Gasteiger partial charge in [0.25, 0.3) is 0 Å². The molecular formula is C26H22N6. The molecule has 1 aliphatic carbocycles. The maximum atomic E-state index is 6.52. The van der Waals surface area contributed by atoms with E-state index in [1.54, 1.807) is 12.4 Å². The third-order valence-corrected chi connectivity index (χ3v) is 6.31. The molecule has 2 N–H and O–H groups in total. The molecule has 1 fully saturated rings. The molecule has 1 saturated carbocycles. The van der Waals surface area contributed by atoms with Crippen molar-refractivity contribution in [1.82, 2.24) is 24.5 Å². The molecule has 0 aliphatic heterocycles. The van der Waals surface area contributed by atoms with E-state index in [0.29, 0.717) is 11.5 Å². The lowest BCUT2D eigenvalue weighted by Gasteiger charge is -2.38. The first-order valence-electron chi connectivity index (χ1n) is 10.8. The van der Waals surface area contributed by atoms with E-state index in [4.69, 9.17) is 15.7 Å². The Labute approximate surface area is 185 Å². The van der Waals surface area contributed by atoms with Crippen molar-refractivity contribution >= 4 is 11.2 Å².